The quantitative estimate of drug-likeness (QED) is 0.557. The predicted molar refractivity (Wildman–Crippen MR) is 136 cm³/mol. The van der Waals surface area contributed by atoms with Gasteiger partial charge < -0.3 is 19.9 Å². The number of thioether (sulfide) groups is 1. The number of nitrogens with one attached hydrogen (secondary N) is 1. The van der Waals surface area contributed by atoms with Crippen LogP contribution in [0.15, 0.2) is 82.6 Å². The lowest BCUT2D eigenvalue weighted by atomic mass is 10.1. The van der Waals surface area contributed by atoms with Crippen molar-refractivity contribution < 1.29 is 14.3 Å². The summed E-state index contributed by atoms with van der Waals surface area (Å²) in [6, 6.07) is 23.2. The second kappa shape index (κ2) is 9.65. The number of hydrogen-bond donors (Lipinski definition) is 1. The van der Waals surface area contributed by atoms with E-state index in [9.17, 15) is 9.59 Å². The Labute approximate surface area is 203 Å². The first-order chi connectivity index (χ1) is 16.6. The highest BCUT2D eigenvalue weighted by Gasteiger charge is 2.24. The largest absolute Gasteiger partial charge is 0.495 e. The molecule has 1 fully saturated rings. The standard InChI is InChI=1S/C27H25N3O3S/c1-33-23-8-4-3-7-22(23)29-14-16-30(17-15-29)27(32)20-12-10-19(11-13-20)18-25-26(31)28-21-6-2-5-9-24(21)34-25/h2-13,18H,14-17H2,1H3,(H,28,31). The number of hydrogen-bond acceptors (Lipinski definition) is 5. The van der Waals surface area contributed by atoms with Crippen LogP contribution in [0.1, 0.15) is 15.9 Å². The monoisotopic (exact) mass is 471 g/mol. The lowest BCUT2D eigenvalue weighted by molar-refractivity contribution is -0.112. The lowest BCUT2D eigenvalue weighted by Gasteiger charge is -2.36. The fourth-order valence-corrected chi connectivity index (χ4v) is 5.15. The Balaban J connectivity index is 1.23. The molecular formula is C27H25N3O3S. The summed E-state index contributed by atoms with van der Waals surface area (Å²) >= 11 is 1.45. The molecule has 3 aromatic rings. The fourth-order valence-electron chi connectivity index (χ4n) is 4.20. The van der Waals surface area contributed by atoms with E-state index in [0.29, 0.717) is 23.6 Å². The minimum absolute atomic E-state index is 0.0255. The van der Waals surface area contributed by atoms with Gasteiger partial charge in [0.05, 0.1) is 23.4 Å². The average Bonchev–Trinajstić information content (AvgIpc) is 2.89. The van der Waals surface area contributed by atoms with Crippen molar-refractivity contribution in [1.82, 2.24) is 4.90 Å². The van der Waals surface area contributed by atoms with E-state index in [2.05, 4.69) is 10.2 Å². The number of benzene rings is 3. The smallest absolute Gasteiger partial charge is 0.262 e. The summed E-state index contributed by atoms with van der Waals surface area (Å²) in [5, 5.41) is 2.92. The van der Waals surface area contributed by atoms with Crippen molar-refractivity contribution >= 4 is 41.0 Å². The number of methoxy groups -OCH3 is 1. The molecule has 1 saturated heterocycles. The summed E-state index contributed by atoms with van der Waals surface area (Å²) in [4.78, 5) is 31.3. The highest BCUT2D eigenvalue weighted by Crippen LogP contribution is 2.38. The molecule has 0 aliphatic carbocycles. The van der Waals surface area contributed by atoms with E-state index in [4.69, 9.17) is 4.74 Å². The molecule has 0 unspecified atom stereocenters. The molecule has 34 heavy (non-hydrogen) atoms. The van der Waals surface area contributed by atoms with Gasteiger partial charge in [-0.15, -0.1) is 0 Å². The van der Waals surface area contributed by atoms with Crippen LogP contribution in [0.2, 0.25) is 0 Å². The molecule has 0 spiro atoms. The van der Waals surface area contributed by atoms with Crippen LogP contribution in [0.25, 0.3) is 6.08 Å². The molecule has 0 saturated carbocycles. The van der Waals surface area contributed by atoms with Crippen molar-refractivity contribution in [2.45, 2.75) is 4.90 Å². The van der Waals surface area contributed by atoms with Crippen LogP contribution in [0, 0.1) is 0 Å². The number of anilines is 2. The Bertz CT molecular complexity index is 1250. The van der Waals surface area contributed by atoms with Crippen LogP contribution in [-0.4, -0.2) is 50.0 Å². The SMILES string of the molecule is COc1ccccc1N1CCN(C(=O)c2ccc(C=C3Sc4ccccc4NC3=O)cc2)CC1. The number of amides is 2. The number of rotatable bonds is 4. The van der Waals surface area contributed by atoms with Crippen LogP contribution in [-0.2, 0) is 4.79 Å². The molecule has 2 heterocycles. The maximum Gasteiger partial charge on any atom is 0.262 e. The zero-order chi connectivity index (χ0) is 23.5. The first kappa shape index (κ1) is 22.1. The Morgan fingerprint density at radius 3 is 2.41 bits per heavy atom. The molecule has 0 atom stereocenters. The first-order valence-corrected chi connectivity index (χ1v) is 12.0. The Hall–Kier alpha value is -3.71. The molecular weight excluding hydrogens is 446 g/mol. The molecule has 5 rings (SSSR count). The summed E-state index contributed by atoms with van der Waals surface area (Å²) in [5.41, 5.74) is 3.43. The van der Waals surface area contributed by atoms with Crippen LogP contribution in [0.5, 0.6) is 5.75 Å². The van der Waals surface area contributed by atoms with Crippen molar-refractivity contribution in [3.05, 3.63) is 88.8 Å². The highest BCUT2D eigenvalue weighted by atomic mass is 32.2. The molecule has 2 aliphatic rings. The van der Waals surface area contributed by atoms with Crippen molar-refractivity contribution in [3.8, 4) is 5.75 Å². The van der Waals surface area contributed by atoms with Gasteiger partial charge in [0.15, 0.2) is 0 Å². The Morgan fingerprint density at radius 2 is 1.65 bits per heavy atom. The van der Waals surface area contributed by atoms with Gasteiger partial charge in [-0.05, 0) is 48.0 Å². The minimum Gasteiger partial charge on any atom is -0.495 e. The molecule has 172 valence electrons. The summed E-state index contributed by atoms with van der Waals surface area (Å²) < 4.78 is 5.48. The van der Waals surface area contributed by atoms with Crippen molar-refractivity contribution in [2.24, 2.45) is 0 Å². The zero-order valence-electron chi connectivity index (χ0n) is 18.9. The van der Waals surface area contributed by atoms with Crippen LogP contribution >= 0.6 is 11.8 Å². The van der Waals surface area contributed by atoms with Crippen molar-refractivity contribution in [1.29, 1.82) is 0 Å². The van der Waals surface area contributed by atoms with Crippen molar-refractivity contribution in [2.75, 3.05) is 43.5 Å². The maximum absolute atomic E-state index is 13.1. The average molecular weight is 472 g/mol. The number of ether oxygens (including phenoxy) is 1. The van der Waals surface area contributed by atoms with Crippen LogP contribution < -0.4 is 15.0 Å². The van der Waals surface area contributed by atoms with Gasteiger partial charge in [-0.25, -0.2) is 0 Å². The lowest BCUT2D eigenvalue weighted by Crippen LogP contribution is -2.48. The molecule has 2 amide bonds. The van der Waals surface area contributed by atoms with Gasteiger partial charge in [-0.3, -0.25) is 9.59 Å². The van der Waals surface area contributed by atoms with Gasteiger partial charge in [0.25, 0.3) is 11.8 Å². The third-order valence-electron chi connectivity index (χ3n) is 6.03. The number of para-hydroxylation sites is 3. The van der Waals surface area contributed by atoms with Crippen molar-refractivity contribution in [3.63, 3.8) is 0 Å². The van der Waals surface area contributed by atoms with E-state index >= 15 is 0 Å². The highest BCUT2D eigenvalue weighted by molar-refractivity contribution is 8.04. The summed E-state index contributed by atoms with van der Waals surface area (Å²) in [6.07, 6.45) is 1.86. The van der Waals surface area contributed by atoms with Gasteiger partial charge in [0, 0.05) is 36.6 Å². The number of nitrogens with zero attached hydrogens (tertiary/aromatic N) is 2. The first-order valence-electron chi connectivity index (χ1n) is 11.2. The molecule has 7 heteroatoms. The molecule has 0 aromatic heterocycles. The summed E-state index contributed by atoms with van der Waals surface area (Å²) in [5.74, 6) is 0.759. The minimum atomic E-state index is -0.114. The number of carbonyl (C=O) groups is 2. The number of piperazine rings is 1. The van der Waals surface area contributed by atoms with Crippen LogP contribution in [0.4, 0.5) is 11.4 Å². The van der Waals surface area contributed by atoms with E-state index in [1.807, 2.05) is 83.8 Å². The zero-order valence-corrected chi connectivity index (χ0v) is 19.7. The predicted octanol–water partition coefficient (Wildman–Crippen LogP) is 4.74. The molecule has 1 N–H and O–H groups in total. The molecule has 6 nitrogen and oxygen atoms in total. The Morgan fingerprint density at radius 1 is 0.941 bits per heavy atom. The van der Waals surface area contributed by atoms with Gasteiger partial charge >= 0.3 is 0 Å². The summed E-state index contributed by atoms with van der Waals surface area (Å²) in [7, 11) is 1.68. The van der Waals surface area contributed by atoms with E-state index in [1.54, 1.807) is 7.11 Å². The molecule has 2 aliphatic heterocycles. The van der Waals surface area contributed by atoms with E-state index in [-0.39, 0.29) is 11.8 Å². The maximum atomic E-state index is 13.1. The summed E-state index contributed by atoms with van der Waals surface area (Å²) in [6.45, 7) is 2.81. The number of carbonyl (C=O) groups excluding carboxylic acids is 2. The van der Waals surface area contributed by atoms with Gasteiger partial charge in [-0.1, -0.05) is 48.2 Å². The molecule has 0 radical (unpaired) electrons. The fraction of sp³-hybridized carbons (Fsp3) is 0.185. The van der Waals surface area contributed by atoms with E-state index in [1.165, 1.54) is 11.8 Å². The normalized spacial score (nSPS) is 16.7. The van der Waals surface area contributed by atoms with E-state index in [0.717, 1.165) is 40.7 Å². The number of fused-ring (bicyclic) bond motifs is 1. The van der Waals surface area contributed by atoms with Gasteiger partial charge in [0.2, 0.25) is 0 Å². The molecule has 3 aromatic carbocycles. The van der Waals surface area contributed by atoms with Crippen LogP contribution in [0.3, 0.4) is 0 Å². The Kier molecular flexibility index (Phi) is 6.27. The third kappa shape index (κ3) is 4.52. The molecule has 0 bridgehead atoms. The second-order valence-corrected chi connectivity index (χ2v) is 9.22. The van der Waals surface area contributed by atoms with Gasteiger partial charge in [-0.2, -0.15) is 0 Å². The van der Waals surface area contributed by atoms with E-state index < -0.39 is 0 Å². The second-order valence-electron chi connectivity index (χ2n) is 8.13. The third-order valence-corrected chi connectivity index (χ3v) is 7.13. The topological polar surface area (TPSA) is 61.9 Å². The van der Waals surface area contributed by atoms with Gasteiger partial charge in [0.1, 0.15) is 5.75 Å².